The predicted molar refractivity (Wildman–Crippen MR) is 142 cm³/mol. The van der Waals surface area contributed by atoms with E-state index in [1.807, 2.05) is 29.1 Å². The van der Waals surface area contributed by atoms with Gasteiger partial charge in [0.25, 0.3) is 0 Å². The summed E-state index contributed by atoms with van der Waals surface area (Å²) in [6.07, 6.45) is 3.93. The fourth-order valence-electron chi connectivity index (χ4n) is 3.45. The molecule has 0 amide bonds. The van der Waals surface area contributed by atoms with Gasteiger partial charge in [-0.3, -0.25) is 0 Å². The van der Waals surface area contributed by atoms with E-state index in [2.05, 4.69) is 73.4 Å². The molecule has 0 aliphatic carbocycles. The number of nitrogens with zero attached hydrogens (tertiary/aromatic N) is 4. The third-order valence-corrected chi connectivity index (χ3v) is 5.24. The Morgan fingerprint density at radius 1 is 0.973 bits per heavy atom. The molecule has 0 saturated heterocycles. The monoisotopic (exact) mass is 502 g/mol. The van der Waals surface area contributed by atoms with Gasteiger partial charge < -0.3 is 19.8 Å². The molecular weight excluding hydrogens is 472 g/mol. The topological polar surface area (TPSA) is 118 Å². The van der Waals surface area contributed by atoms with Crippen molar-refractivity contribution in [3.05, 3.63) is 84.6 Å². The van der Waals surface area contributed by atoms with Crippen LogP contribution in [0.2, 0.25) is 0 Å². The van der Waals surface area contributed by atoms with Gasteiger partial charge in [0, 0.05) is 35.8 Å². The highest BCUT2D eigenvalue weighted by Gasteiger charge is 2.14. The maximum atomic E-state index is 9.55. The quantitative estimate of drug-likeness (QED) is 0.255. The highest BCUT2D eigenvalue weighted by Crippen LogP contribution is 2.30. The zero-order valence-electron chi connectivity index (χ0n) is 21.0. The van der Waals surface area contributed by atoms with Crippen molar-refractivity contribution >= 4 is 23.0 Å². The molecule has 0 saturated carbocycles. The van der Waals surface area contributed by atoms with E-state index in [0.717, 1.165) is 46.7 Å². The number of aromatic nitrogens is 3. The van der Waals surface area contributed by atoms with Crippen LogP contribution in [0, 0.1) is 6.92 Å². The largest absolute Gasteiger partial charge is 0.494 e. The Hall–Kier alpha value is -4.50. The van der Waals surface area contributed by atoms with Crippen LogP contribution in [0.25, 0.3) is 28.0 Å². The van der Waals surface area contributed by atoms with Crippen molar-refractivity contribution in [1.82, 2.24) is 19.7 Å². The van der Waals surface area contributed by atoms with Crippen LogP contribution in [-0.2, 0) is 9.59 Å². The molecule has 37 heavy (non-hydrogen) atoms. The van der Waals surface area contributed by atoms with E-state index in [4.69, 9.17) is 20.0 Å². The lowest BCUT2D eigenvalue weighted by Gasteiger charge is -2.10. The van der Waals surface area contributed by atoms with Gasteiger partial charge >= 0.3 is 11.9 Å². The van der Waals surface area contributed by atoms with E-state index in [0.29, 0.717) is 18.8 Å². The molecule has 4 aromatic rings. The molecular formula is C28H30N4O5. The average Bonchev–Trinajstić information content (AvgIpc) is 3.26. The van der Waals surface area contributed by atoms with Crippen molar-refractivity contribution in [2.75, 3.05) is 27.2 Å². The summed E-state index contributed by atoms with van der Waals surface area (Å²) in [4.78, 5) is 25.8. The van der Waals surface area contributed by atoms with E-state index < -0.39 is 11.9 Å². The summed E-state index contributed by atoms with van der Waals surface area (Å²) in [7, 11) is 4.15. The van der Waals surface area contributed by atoms with Crippen molar-refractivity contribution < 1.29 is 24.5 Å². The molecule has 9 heteroatoms. The maximum absolute atomic E-state index is 9.55. The summed E-state index contributed by atoms with van der Waals surface area (Å²) in [6, 6.07) is 20.5. The van der Waals surface area contributed by atoms with Gasteiger partial charge in [0.05, 0.1) is 12.3 Å². The normalized spacial score (nSPS) is 10.9. The van der Waals surface area contributed by atoms with Crippen molar-refractivity contribution in [2.24, 2.45) is 0 Å². The number of benzene rings is 2. The number of hydrogen-bond acceptors (Lipinski definition) is 6. The van der Waals surface area contributed by atoms with Gasteiger partial charge in [-0.15, -0.1) is 0 Å². The van der Waals surface area contributed by atoms with Crippen molar-refractivity contribution in [2.45, 2.75) is 13.3 Å². The van der Waals surface area contributed by atoms with E-state index in [1.54, 1.807) is 0 Å². The van der Waals surface area contributed by atoms with Crippen LogP contribution < -0.4 is 4.74 Å². The molecule has 0 bridgehead atoms. The van der Waals surface area contributed by atoms with Crippen LogP contribution in [-0.4, -0.2) is 69.1 Å². The van der Waals surface area contributed by atoms with Crippen LogP contribution in [0.1, 0.15) is 12.0 Å². The molecule has 0 aliphatic rings. The number of carboxylic acid groups (broad SMARTS) is 2. The van der Waals surface area contributed by atoms with Crippen LogP contribution in [0.4, 0.5) is 0 Å². The van der Waals surface area contributed by atoms with Gasteiger partial charge in [0.15, 0.2) is 5.65 Å². The first-order valence-corrected chi connectivity index (χ1v) is 11.7. The second-order valence-corrected chi connectivity index (χ2v) is 8.51. The summed E-state index contributed by atoms with van der Waals surface area (Å²) in [5, 5.41) is 21.6. The van der Waals surface area contributed by atoms with E-state index in [9.17, 15) is 9.59 Å². The summed E-state index contributed by atoms with van der Waals surface area (Å²) in [5.74, 6) is -1.63. The summed E-state index contributed by atoms with van der Waals surface area (Å²) in [6.45, 7) is 3.82. The molecule has 0 spiro atoms. The van der Waals surface area contributed by atoms with Crippen LogP contribution in [0.15, 0.2) is 79.0 Å². The Labute approximate surface area is 215 Å². The standard InChI is InChI=1S/C24H26N4O.C4H4O4/c1-18-7-11-20(12-8-18)28-24-22(6-4-15-25-24)23(26-28)19-9-13-21(14-10-19)29-17-5-16-27(2)3;5-3(6)1-2-4(7)8/h4,6-15H,5,16-17H2,1-3H3;1-2H,(H,5,6)(H,7,8). The lowest BCUT2D eigenvalue weighted by Crippen LogP contribution is -2.15. The molecule has 0 radical (unpaired) electrons. The number of carboxylic acids is 2. The second-order valence-electron chi connectivity index (χ2n) is 8.51. The molecule has 0 atom stereocenters. The summed E-state index contributed by atoms with van der Waals surface area (Å²) in [5.41, 5.74) is 5.06. The second kappa shape index (κ2) is 13.0. The Kier molecular flexibility index (Phi) is 9.51. The zero-order valence-corrected chi connectivity index (χ0v) is 21.0. The van der Waals surface area contributed by atoms with Gasteiger partial charge in [-0.2, -0.15) is 5.10 Å². The summed E-state index contributed by atoms with van der Waals surface area (Å²) < 4.78 is 7.77. The molecule has 0 unspecified atom stereocenters. The van der Waals surface area contributed by atoms with Gasteiger partial charge in [0.2, 0.25) is 0 Å². The minimum absolute atomic E-state index is 0.558. The lowest BCUT2D eigenvalue weighted by atomic mass is 10.1. The van der Waals surface area contributed by atoms with E-state index >= 15 is 0 Å². The van der Waals surface area contributed by atoms with Crippen molar-refractivity contribution in [3.8, 4) is 22.7 Å². The average molecular weight is 503 g/mol. The number of ether oxygens (including phenoxy) is 1. The molecule has 2 heterocycles. The molecule has 9 nitrogen and oxygen atoms in total. The molecule has 2 aromatic heterocycles. The van der Waals surface area contributed by atoms with Gasteiger partial charge in [0.1, 0.15) is 11.4 Å². The SMILES string of the molecule is Cc1ccc(-n2nc(-c3ccc(OCCCN(C)C)cc3)c3cccnc32)cc1.O=C(O)C=CC(=O)O. The van der Waals surface area contributed by atoms with Gasteiger partial charge in [-0.1, -0.05) is 17.7 Å². The first-order chi connectivity index (χ1) is 17.7. The number of pyridine rings is 1. The lowest BCUT2D eigenvalue weighted by molar-refractivity contribution is -0.134. The van der Waals surface area contributed by atoms with Crippen LogP contribution in [0.3, 0.4) is 0 Å². The van der Waals surface area contributed by atoms with Crippen LogP contribution in [0.5, 0.6) is 5.75 Å². The van der Waals surface area contributed by atoms with Crippen LogP contribution >= 0.6 is 0 Å². The minimum Gasteiger partial charge on any atom is -0.494 e. The highest BCUT2D eigenvalue weighted by molar-refractivity contribution is 5.92. The Balaban J connectivity index is 0.000000414. The van der Waals surface area contributed by atoms with E-state index in [1.165, 1.54) is 5.56 Å². The van der Waals surface area contributed by atoms with Gasteiger partial charge in [-0.05, 0) is 76.0 Å². The first-order valence-electron chi connectivity index (χ1n) is 11.7. The summed E-state index contributed by atoms with van der Waals surface area (Å²) >= 11 is 0. The number of fused-ring (bicyclic) bond motifs is 1. The molecule has 2 aromatic carbocycles. The molecule has 4 rings (SSSR count). The number of rotatable bonds is 9. The Bertz CT molecular complexity index is 1340. The maximum Gasteiger partial charge on any atom is 0.328 e. The third-order valence-electron chi connectivity index (χ3n) is 5.24. The smallest absolute Gasteiger partial charge is 0.328 e. The minimum atomic E-state index is -1.26. The molecule has 192 valence electrons. The number of hydrogen-bond donors (Lipinski definition) is 2. The van der Waals surface area contributed by atoms with Gasteiger partial charge in [-0.25, -0.2) is 19.3 Å². The number of aliphatic carboxylic acids is 2. The number of carbonyl (C=O) groups is 2. The highest BCUT2D eigenvalue weighted by atomic mass is 16.5. The Morgan fingerprint density at radius 2 is 1.62 bits per heavy atom. The molecule has 0 fully saturated rings. The fourth-order valence-corrected chi connectivity index (χ4v) is 3.45. The zero-order chi connectivity index (χ0) is 26.8. The third kappa shape index (κ3) is 8.01. The fraction of sp³-hybridized carbons (Fsp3) is 0.214. The molecule has 2 N–H and O–H groups in total. The number of aryl methyl sites for hydroxylation is 1. The predicted octanol–water partition coefficient (Wildman–Crippen LogP) is 4.44. The van der Waals surface area contributed by atoms with E-state index in [-0.39, 0.29) is 0 Å². The first kappa shape index (κ1) is 27.1. The van der Waals surface area contributed by atoms with Crippen molar-refractivity contribution in [3.63, 3.8) is 0 Å². The Morgan fingerprint density at radius 3 is 2.22 bits per heavy atom. The molecule has 0 aliphatic heterocycles. The van der Waals surface area contributed by atoms with Crippen molar-refractivity contribution in [1.29, 1.82) is 0 Å².